The average Bonchev–Trinajstić information content (AvgIpc) is 2.54. The first-order chi connectivity index (χ1) is 8.10. The first-order valence-corrected chi connectivity index (χ1v) is 8.19. The Bertz CT molecular complexity index is 284. The van der Waals surface area contributed by atoms with E-state index in [4.69, 9.17) is 0 Å². The molecular weight excluding hydrogens is 236 g/mol. The van der Waals surface area contributed by atoms with Crippen LogP contribution < -0.4 is 5.32 Å². The van der Waals surface area contributed by atoms with Crippen molar-refractivity contribution in [3.8, 4) is 0 Å². The Kier molecular flexibility index (Phi) is 6.12. The second kappa shape index (κ2) is 7.11. The van der Waals surface area contributed by atoms with Crippen LogP contribution in [0.5, 0.6) is 0 Å². The van der Waals surface area contributed by atoms with Crippen molar-refractivity contribution >= 4 is 16.7 Å². The number of rotatable bonds is 7. The van der Waals surface area contributed by atoms with Crippen LogP contribution in [0.2, 0.25) is 0 Å². The molecular formula is C12H24N2O2S. The Labute approximate surface area is 107 Å². The van der Waals surface area contributed by atoms with Gasteiger partial charge in [-0.15, -0.1) is 0 Å². The Balaban J connectivity index is 2.61. The van der Waals surface area contributed by atoms with E-state index >= 15 is 0 Å². The summed E-state index contributed by atoms with van der Waals surface area (Å²) in [7, 11) is -0.832. The van der Waals surface area contributed by atoms with Gasteiger partial charge in [0.1, 0.15) is 0 Å². The Morgan fingerprint density at radius 2 is 1.94 bits per heavy atom. The lowest BCUT2D eigenvalue weighted by Gasteiger charge is -2.23. The molecule has 17 heavy (non-hydrogen) atoms. The highest BCUT2D eigenvalue weighted by Gasteiger charge is 2.37. The van der Waals surface area contributed by atoms with Crippen molar-refractivity contribution in [3.63, 3.8) is 0 Å². The number of hydrogen-bond donors (Lipinski definition) is 1. The van der Waals surface area contributed by atoms with E-state index in [1.165, 1.54) is 0 Å². The fourth-order valence-corrected chi connectivity index (χ4v) is 2.70. The molecule has 4 nitrogen and oxygen atoms in total. The van der Waals surface area contributed by atoms with Crippen LogP contribution in [-0.4, -0.2) is 45.8 Å². The molecule has 1 N–H and O–H groups in total. The number of nitrogens with zero attached hydrogens (tertiary/aromatic N) is 1. The van der Waals surface area contributed by atoms with Crippen molar-refractivity contribution in [3.05, 3.63) is 0 Å². The molecule has 1 heterocycles. The monoisotopic (exact) mass is 260 g/mol. The smallest absolute Gasteiger partial charge is 0.241 e. The lowest BCUT2D eigenvalue weighted by molar-refractivity contribution is -0.129. The number of hydrogen-bond acceptors (Lipinski definition) is 3. The van der Waals surface area contributed by atoms with Crippen LogP contribution in [0, 0.1) is 0 Å². The van der Waals surface area contributed by atoms with Gasteiger partial charge in [-0.3, -0.25) is 14.3 Å². The van der Waals surface area contributed by atoms with Gasteiger partial charge in [-0.05, 0) is 12.8 Å². The standard InChI is InChI=1S/C12H24N2O2S/c1-4-6-10-12(15)14(8-9-17(3)16)11(13-10)7-5-2/h10-11,13H,4-9H2,1-3H3. The average molecular weight is 260 g/mol. The van der Waals surface area contributed by atoms with E-state index in [2.05, 4.69) is 19.2 Å². The fraction of sp³-hybridized carbons (Fsp3) is 0.917. The minimum atomic E-state index is -0.832. The second-order valence-corrected chi connectivity index (χ2v) is 6.18. The zero-order valence-electron chi connectivity index (χ0n) is 11.1. The van der Waals surface area contributed by atoms with E-state index in [0.717, 1.165) is 25.7 Å². The lowest BCUT2D eigenvalue weighted by Crippen LogP contribution is -2.39. The first kappa shape index (κ1) is 14.6. The minimum absolute atomic E-state index is 0.0261. The summed E-state index contributed by atoms with van der Waals surface area (Å²) in [4.78, 5) is 14.0. The summed E-state index contributed by atoms with van der Waals surface area (Å²) in [5.41, 5.74) is 0. The molecule has 1 amide bonds. The number of amides is 1. The Hall–Kier alpha value is -0.420. The Morgan fingerprint density at radius 3 is 2.47 bits per heavy atom. The maximum absolute atomic E-state index is 12.2. The summed E-state index contributed by atoms with van der Waals surface area (Å²) in [5.74, 6) is 0.766. The van der Waals surface area contributed by atoms with E-state index in [1.54, 1.807) is 6.26 Å². The third kappa shape index (κ3) is 4.07. The van der Waals surface area contributed by atoms with E-state index in [-0.39, 0.29) is 18.1 Å². The number of carbonyl (C=O) groups excluding carboxylic acids is 1. The molecule has 0 saturated carbocycles. The van der Waals surface area contributed by atoms with Gasteiger partial charge >= 0.3 is 0 Å². The molecule has 0 radical (unpaired) electrons. The zero-order valence-corrected chi connectivity index (χ0v) is 11.9. The summed E-state index contributed by atoms with van der Waals surface area (Å²) in [6.45, 7) is 4.82. The summed E-state index contributed by atoms with van der Waals surface area (Å²) >= 11 is 0. The molecule has 0 aromatic rings. The van der Waals surface area contributed by atoms with Crippen LogP contribution in [0.1, 0.15) is 39.5 Å². The SMILES string of the molecule is CCCC1NC(CCC)N(CCS(C)=O)C1=O. The molecule has 0 bridgehead atoms. The largest absolute Gasteiger partial charge is 0.325 e. The molecule has 1 saturated heterocycles. The second-order valence-electron chi connectivity index (χ2n) is 4.62. The van der Waals surface area contributed by atoms with Crippen LogP contribution >= 0.6 is 0 Å². The first-order valence-electron chi connectivity index (χ1n) is 6.46. The summed E-state index contributed by atoms with van der Waals surface area (Å²) in [5, 5.41) is 3.39. The molecule has 0 aromatic carbocycles. The van der Waals surface area contributed by atoms with E-state index < -0.39 is 10.8 Å². The van der Waals surface area contributed by atoms with Crippen molar-refractivity contribution in [2.45, 2.75) is 51.7 Å². The van der Waals surface area contributed by atoms with Crippen LogP contribution in [0.15, 0.2) is 0 Å². The molecule has 1 aliphatic rings. The van der Waals surface area contributed by atoms with E-state index in [1.807, 2.05) is 4.90 Å². The molecule has 0 spiro atoms. The topological polar surface area (TPSA) is 49.4 Å². The van der Waals surface area contributed by atoms with Gasteiger partial charge in [0.25, 0.3) is 0 Å². The van der Waals surface area contributed by atoms with Crippen molar-refractivity contribution in [2.24, 2.45) is 0 Å². The molecule has 1 fully saturated rings. The molecule has 3 unspecified atom stereocenters. The zero-order chi connectivity index (χ0) is 12.8. The number of nitrogens with one attached hydrogen (secondary N) is 1. The normalized spacial score (nSPS) is 26.5. The fourth-order valence-electron chi connectivity index (χ4n) is 2.25. The van der Waals surface area contributed by atoms with Gasteiger partial charge in [-0.2, -0.15) is 0 Å². The molecule has 0 aromatic heterocycles. The van der Waals surface area contributed by atoms with Crippen molar-refractivity contribution in [1.82, 2.24) is 10.2 Å². The highest BCUT2D eigenvalue weighted by Crippen LogP contribution is 2.17. The molecule has 1 rings (SSSR count). The van der Waals surface area contributed by atoms with Gasteiger partial charge in [-0.25, -0.2) is 0 Å². The molecule has 100 valence electrons. The van der Waals surface area contributed by atoms with Crippen molar-refractivity contribution < 1.29 is 9.00 Å². The lowest BCUT2D eigenvalue weighted by atomic mass is 10.2. The van der Waals surface area contributed by atoms with Crippen LogP contribution in [0.25, 0.3) is 0 Å². The highest BCUT2D eigenvalue weighted by molar-refractivity contribution is 7.84. The van der Waals surface area contributed by atoms with Gasteiger partial charge in [-0.1, -0.05) is 26.7 Å². The molecule has 5 heteroatoms. The summed E-state index contributed by atoms with van der Waals surface area (Å²) < 4.78 is 11.1. The maximum atomic E-state index is 12.2. The van der Waals surface area contributed by atoms with E-state index in [9.17, 15) is 9.00 Å². The van der Waals surface area contributed by atoms with Crippen LogP contribution in [0.4, 0.5) is 0 Å². The minimum Gasteiger partial charge on any atom is -0.325 e. The highest BCUT2D eigenvalue weighted by atomic mass is 32.2. The van der Waals surface area contributed by atoms with Gasteiger partial charge in [0.05, 0.1) is 12.2 Å². The van der Waals surface area contributed by atoms with Crippen molar-refractivity contribution in [2.75, 3.05) is 18.6 Å². The van der Waals surface area contributed by atoms with E-state index in [0.29, 0.717) is 12.3 Å². The van der Waals surface area contributed by atoms with Crippen LogP contribution in [0.3, 0.4) is 0 Å². The van der Waals surface area contributed by atoms with Crippen LogP contribution in [-0.2, 0) is 15.6 Å². The predicted octanol–water partition coefficient (Wildman–Crippen LogP) is 1.09. The number of carbonyl (C=O) groups is 1. The van der Waals surface area contributed by atoms with Gasteiger partial charge < -0.3 is 4.90 Å². The predicted molar refractivity (Wildman–Crippen MR) is 71.2 cm³/mol. The molecule has 1 aliphatic heterocycles. The van der Waals surface area contributed by atoms with Gasteiger partial charge in [0.15, 0.2) is 0 Å². The summed E-state index contributed by atoms with van der Waals surface area (Å²) in [6, 6.07) is -0.0261. The summed E-state index contributed by atoms with van der Waals surface area (Å²) in [6.07, 6.45) is 5.76. The quantitative estimate of drug-likeness (QED) is 0.745. The molecule has 0 aliphatic carbocycles. The van der Waals surface area contributed by atoms with Crippen molar-refractivity contribution in [1.29, 1.82) is 0 Å². The third-order valence-corrected chi connectivity index (χ3v) is 3.87. The molecule has 3 atom stereocenters. The third-order valence-electron chi connectivity index (χ3n) is 3.11. The Morgan fingerprint density at radius 1 is 1.29 bits per heavy atom. The van der Waals surface area contributed by atoms with Gasteiger partial charge in [0.2, 0.25) is 5.91 Å². The van der Waals surface area contributed by atoms with Gasteiger partial charge in [0, 0.05) is 29.4 Å². The maximum Gasteiger partial charge on any atom is 0.241 e.